The topological polar surface area (TPSA) is 59.0 Å². The van der Waals surface area contributed by atoms with Gasteiger partial charge in [0.05, 0.1) is 13.7 Å². The van der Waals surface area contributed by atoms with E-state index in [1.165, 1.54) is 7.11 Å². The summed E-state index contributed by atoms with van der Waals surface area (Å²) in [7, 11) is 1.86. The molecule has 2 aromatic carbocycles. The van der Waals surface area contributed by atoms with Crippen LogP contribution in [-0.2, 0) is 9.09 Å². The van der Waals surface area contributed by atoms with Gasteiger partial charge in [-0.05, 0) is 36.8 Å². The maximum Gasteiger partial charge on any atom is 0.264 e. The average Bonchev–Trinajstić information content (AvgIpc) is 2.65. The second kappa shape index (κ2) is 8.52. The van der Waals surface area contributed by atoms with Crippen molar-refractivity contribution in [1.29, 1.82) is 0 Å². The van der Waals surface area contributed by atoms with Gasteiger partial charge in [0, 0.05) is 30.7 Å². The number of rotatable bonds is 8. The highest BCUT2D eigenvalue weighted by atomic mass is 31.2. The monoisotopic (exact) mass is 363 g/mol. The number of ether oxygens (including phenoxy) is 1. The van der Waals surface area contributed by atoms with Crippen molar-refractivity contribution in [2.45, 2.75) is 19.2 Å². The highest BCUT2D eigenvalue weighted by Crippen LogP contribution is 2.59. The minimum atomic E-state index is -3.53. The number of anilines is 1. The van der Waals surface area contributed by atoms with E-state index in [4.69, 9.17) is 9.26 Å². The molecule has 2 aromatic rings. The van der Waals surface area contributed by atoms with E-state index in [1.807, 2.05) is 38.1 Å². The van der Waals surface area contributed by atoms with Crippen LogP contribution in [0.3, 0.4) is 0 Å². The number of aliphatic hydroxyl groups is 1. The second-order valence-electron chi connectivity index (χ2n) is 5.96. The van der Waals surface area contributed by atoms with Crippen LogP contribution in [0.25, 0.3) is 0 Å². The molecular weight excluding hydrogens is 337 g/mol. The zero-order valence-electron chi connectivity index (χ0n) is 15.2. The van der Waals surface area contributed by atoms with Crippen molar-refractivity contribution in [1.82, 2.24) is 0 Å². The van der Waals surface area contributed by atoms with Gasteiger partial charge in [-0.25, -0.2) is 0 Å². The summed E-state index contributed by atoms with van der Waals surface area (Å²) in [4.78, 5) is 1.96. The third-order valence-corrected chi connectivity index (χ3v) is 6.46. The number of aliphatic hydroxyl groups excluding tert-OH is 1. The molecule has 2 atom stereocenters. The van der Waals surface area contributed by atoms with Crippen molar-refractivity contribution in [2.75, 3.05) is 32.7 Å². The molecule has 0 aromatic heterocycles. The Morgan fingerprint density at radius 3 is 2.32 bits per heavy atom. The fourth-order valence-corrected chi connectivity index (χ4v) is 4.71. The average molecular weight is 363 g/mol. The summed E-state index contributed by atoms with van der Waals surface area (Å²) in [5.74, 6) is -0.805. The summed E-state index contributed by atoms with van der Waals surface area (Å²) in [5, 5.41) is 11.4. The molecule has 2 rings (SSSR count). The number of benzene rings is 2. The predicted molar refractivity (Wildman–Crippen MR) is 102 cm³/mol. The highest BCUT2D eigenvalue weighted by Gasteiger charge is 2.37. The van der Waals surface area contributed by atoms with Gasteiger partial charge in [-0.3, -0.25) is 4.57 Å². The van der Waals surface area contributed by atoms with E-state index in [0.717, 1.165) is 5.69 Å². The van der Waals surface area contributed by atoms with Crippen molar-refractivity contribution in [3.05, 3.63) is 54.1 Å². The molecule has 0 unspecified atom stereocenters. The molecule has 25 heavy (non-hydrogen) atoms. The van der Waals surface area contributed by atoms with E-state index in [0.29, 0.717) is 29.6 Å². The van der Waals surface area contributed by atoms with E-state index >= 15 is 0 Å². The first-order chi connectivity index (χ1) is 11.9. The Labute approximate surface area is 149 Å². The van der Waals surface area contributed by atoms with Gasteiger partial charge in [0.25, 0.3) is 7.37 Å². The quantitative estimate of drug-likeness (QED) is 0.723. The Hall–Kier alpha value is -1.81. The van der Waals surface area contributed by atoms with Crippen LogP contribution >= 0.6 is 7.37 Å². The van der Waals surface area contributed by atoms with Gasteiger partial charge >= 0.3 is 0 Å². The Morgan fingerprint density at radius 2 is 1.76 bits per heavy atom. The first kappa shape index (κ1) is 19.5. The predicted octanol–water partition coefficient (Wildman–Crippen LogP) is 3.78. The van der Waals surface area contributed by atoms with Crippen LogP contribution in [0.15, 0.2) is 48.5 Å². The normalized spacial score (nSPS) is 14.6. The van der Waals surface area contributed by atoms with Crippen LogP contribution in [0.2, 0.25) is 0 Å². The molecule has 1 N–H and O–H groups in total. The molecule has 0 spiro atoms. The van der Waals surface area contributed by atoms with Crippen LogP contribution in [0.1, 0.15) is 24.8 Å². The number of nitrogens with zero attached hydrogens (tertiary/aromatic N) is 1. The van der Waals surface area contributed by atoms with Crippen molar-refractivity contribution in [2.24, 2.45) is 0 Å². The standard InChI is InChI=1S/C19H26NO4P/c1-5-14-24-25(22,16-12-10-15(11-13-16)20(2)3)19(21)17-8-6-7-9-18(17)23-4/h6-13,19,21H,5,14H2,1-4H3/t19-,25+/m0/s1. The fourth-order valence-electron chi connectivity index (χ4n) is 2.53. The smallest absolute Gasteiger partial charge is 0.264 e. The number of hydrogen-bond donors (Lipinski definition) is 1. The Balaban J connectivity index is 2.47. The molecule has 0 fully saturated rings. The number of methoxy groups -OCH3 is 1. The van der Waals surface area contributed by atoms with Gasteiger partial charge in [-0.2, -0.15) is 0 Å². The number of hydrogen-bond acceptors (Lipinski definition) is 5. The van der Waals surface area contributed by atoms with Gasteiger partial charge in [0.2, 0.25) is 0 Å². The van der Waals surface area contributed by atoms with E-state index in [-0.39, 0.29) is 0 Å². The van der Waals surface area contributed by atoms with Gasteiger partial charge in [0.15, 0.2) is 5.85 Å². The van der Waals surface area contributed by atoms with Crippen molar-refractivity contribution >= 4 is 18.4 Å². The molecule has 136 valence electrons. The Kier molecular flexibility index (Phi) is 6.65. The zero-order valence-corrected chi connectivity index (χ0v) is 16.1. The summed E-state index contributed by atoms with van der Waals surface area (Å²) >= 11 is 0. The first-order valence-electron chi connectivity index (χ1n) is 8.27. The summed E-state index contributed by atoms with van der Waals surface area (Å²) < 4.78 is 24.7. The molecule has 0 aliphatic carbocycles. The molecule has 5 nitrogen and oxygen atoms in total. The van der Waals surface area contributed by atoms with Crippen LogP contribution in [0.4, 0.5) is 5.69 Å². The van der Waals surface area contributed by atoms with Gasteiger partial charge < -0.3 is 19.3 Å². The van der Waals surface area contributed by atoms with Gasteiger partial charge in [0.1, 0.15) is 5.75 Å². The second-order valence-corrected chi connectivity index (χ2v) is 8.41. The first-order valence-corrected chi connectivity index (χ1v) is 9.96. The van der Waals surface area contributed by atoms with E-state index in [9.17, 15) is 9.67 Å². The molecule has 0 heterocycles. The summed E-state index contributed by atoms with van der Waals surface area (Å²) in [6.07, 6.45) is 0.707. The molecule has 0 amide bonds. The van der Waals surface area contributed by atoms with E-state index in [2.05, 4.69) is 0 Å². The fraction of sp³-hybridized carbons (Fsp3) is 0.368. The molecule has 0 bridgehead atoms. The molecule has 0 aliphatic heterocycles. The third kappa shape index (κ3) is 4.24. The van der Waals surface area contributed by atoms with E-state index < -0.39 is 13.2 Å². The highest BCUT2D eigenvalue weighted by molar-refractivity contribution is 7.67. The van der Waals surface area contributed by atoms with Gasteiger partial charge in [-0.15, -0.1) is 0 Å². The molecule has 0 saturated carbocycles. The maximum atomic E-state index is 13.7. The lowest BCUT2D eigenvalue weighted by Gasteiger charge is -2.26. The van der Waals surface area contributed by atoms with Crippen molar-refractivity contribution in [3.8, 4) is 5.75 Å². The SMILES string of the molecule is CCCO[P@](=O)(c1ccc(N(C)C)cc1)[C@H](O)c1ccccc1OC. The lowest BCUT2D eigenvalue weighted by atomic mass is 10.2. The largest absolute Gasteiger partial charge is 0.496 e. The Bertz CT molecular complexity index is 730. The summed E-state index contributed by atoms with van der Waals surface area (Å²) in [6, 6.07) is 14.3. The van der Waals surface area contributed by atoms with Crippen molar-refractivity contribution < 1.29 is 18.9 Å². The summed E-state index contributed by atoms with van der Waals surface area (Å²) in [6.45, 7) is 2.24. The molecule has 6 heteroatoms. The lowest BCUT2D eigenvalue weighted by Crippen LogP contribution is -2.16. The molecule has 0 radical (unpaired) electrons. The minimum Gasteiger partial charge on any atom is -0.496 e. The van der Waals surface area contributed by atoms with Crippen LogP contribution < -0.4 is 14.9 Å². The Morgan fingerprint density at radius 1 is 1.12 bits per heavy atom. The van der Waals surface area contributed by atoms with Crippen molar-refractivity contribution in [3.63, 3.8) is 0 Å². The van der Waals surface area contributed by atoms with E-state index in [1.54, 1.807) is 36.4 Å². The van der Waals surface area contributed by atoms with Crippen LogP contribution in [0.5, 0.6) is 5.75 Å². The zero-order chi connectivity index (χ0) is 18.4. The number of para-hydroxylation sites is 1. The molecule has 0 aliphatic rings. The maximum absolute atomic E-state index is 13.7. The van der Waals surface area contributed by atoms with Crippen LogP contribution in [-0.4, -0.2) is 32.9 Å². The van der Waals surface area contributed by atoms with Crippen LogP contribution in [0, 0.1) is 0 Å². The summed E-state index contributed by atoms with van der Waals surface area (Å²) in [5.41, 5.74) is 1.44. The minimum absolute atomic E-state index is 0.304. The third-order valence-electron chi connectivity index (χ3n) is 3.95. The molecule has 0 saturated heterocycles. The lowest BCUT2D eigenvalue weighted by molar-refractivity contribution is 0.210. The van der Waals surface area contributed by atoms with Gasteiger partial charge in [-0.1, -0.05) is 25.1 Å². The molecular formula is C19H26NO4P.